The van der Waals surface area contributed by atoms with Crippen molar-refractivity contribution in [3.8, 4) is 28.6 Å². The molecule has 0 aliphatic heterocycles. The Morgan fingerprint density at radius 3 is 2.46 bits per heavy atom. The van der Waals surface area contributed by atoms with Crippen LogP contribution in [0.25, 0.3) is 21.7 Å². The fourth-order valence-electron chi connectivity index (χ4n) is 2.65. The van der Waals surface area contributed by atoms with Crippen molar-refractivity contribution in [1.29, 1.82) is 0 Å². The highest BCUT2D eigenvalue weighted by molar-refractivity contribution is 5.87. The van der Waals surface area contributed by atoms with Crippen LogP contribution >= 0.6 is 0 Å². The molecule has 6 heteroatoms. The first-order valence-corrected chi connectivity index (χ1v) is 7.78. The van der Waals surface area contributed by atoms with Gasteiger partial charge < -0.3 is 14.4 Å². The van der Waals surface area contributed by atoms with E-state index in [-0.39, 0.29) is 5.56 Å². The maximum Gasteiger partial charge on any atom is 0.335 e. The molecule has 5 nitrogen and oxygen atoms in total. The summed E-state index contributed by atoms with van der Waals surface area (Å²) in [5, 5.41) is 9.01. The third kappa shape index (κ3) is 3.28. The fourth-order valence-corrected chi connectivity index (χ4v) is 2.65. The monoisotopic (exact) mass is 351 g/mol. The van der Waals surface area contributed by atoms with Crippen molar-refractivity contribution in [2.75, 3.05) is 14.2 Å². The van der Waals surface area contributed by atoms with Gasteiger partial charge in [-0.2, -0.15) is 0 Å². The van der Waals surface area contributed by atoms with Crippen LogP contribution in [0.3, 0.4) is 0 Å². The standard InChI is InChI=1S/C20H15FN2O3/c1-22-10-14-11-23(15-5-3-13(4-6-15)20(24)25)12-18(14)17-8-7-16(26-2)9-19(17)21/h3-9,11-12H,1-2H3/p+1. The first-order valence-electron chi connectivity index (χ1n) is 7.78. The van der Waals surface area contributed by atoms with Crippen molar-refractivity contribution in [2.45, 2.75) is 0 Å². The van der Waals surface area contributed by atoms with Gasteiger partial charge >= 0.3 is 12.0 Å². The Labute approximate surface area is 149 Å². The van der Waals surface area contributed by atoms with Gasteiger partial charge in [0.25, 0.3) is 7.05 Å². The highest BCUT2D eigenvalue weighted by Crippen LogP contribution is 2.30. The second-order valence-electron chi connectivity index (χ2n) is 5.53. The molecule has 0 atom stereocenters. The number of rotatable bonds is 4. The first-order chi connectivity index (χ1) is 12.5. The zero-order valence-electron chi connectivity index (χ0n) is 14.2. The van der Waals surface area contributed by atoms with Gasteiger partial charge in [0.15, 0.2) is 0 Å². The molecule has 26 heavy (non-hydrogen) atoms. The number of ether oxygens (including phenoxy) is 1. The molecule has 0 unspecified atom stereocenters. The Bertz CT molecular complexity index is 1030. The van der Waals surface area contributed by atoms with Crippen molar-refractivity contribution in [2.24, 2.45) is 0 Å². The van der Waals surface area contributed by atoms with Gasteiger partial charge in [0, 0.05) is 35.3 Å². The molecule has 1 heterocycles. The van der Waals surface area contributed by atoms with Crippen LogP contribution < -0.4 is 4.74 Å². The number of halogens is 1. The largest absolute Gasteiger partial charge is 0.497 e. The molecule has 1 aromatic heterocycles. The molecule has 130 valence electrons. The molecule has 0 saturated heterocycles. The Morgan fingerprint density at radius 1 is 1.15 bits per heavy atom. The molecule has 0 radical (unpaired) electrons. The van der Waals surface area contributed by atoms with E-state index >= 15 is 0 Å². The molecule has 1 N–H and O–H groups in total. The molecule has 0 aliphatic rings. The van der Waals surface area contributed by atoms with E-state index in [9.17, 15) is 9.18 Å². The van der Waals surface area contributed by atoms with Gasteiger partial charge in [0.2, 0.25) is 0 Å². The summed E-state index contributed by atoms with van der Waals surface area (Å²) >= 11 is 0. The lowest BCUT2D eigenvalue weighted by Gasteiger charge is -2.05. The Morgan fingerprint density at radius 2 is 1.88 bits per heavy atom. The second kappa shape index (κ2) is 7.11. The average Bonchev–Trinajstić information content (AvgIpc) is 3.05. The zero-order chi connectivity index (χ0) is 18.7. The molecule has 0 saturated carbocycles. The van der Waals surface area contributed by atoms with Gasteiger partial charge in [0.05, 0.1) is 12.7 Å². The molecular weight excluding hydrogens is 335 g/mol. The second-order valence-corrected chi connectivity index (χ2v) is 5.53. The quantitative estimate of drug-likeness (QED) is 0.762. The van der Waals surface area contributed by atoms with Crippen LogP contribution in [0.5, 0.6) is 5.75 Å². The third-order valence-corrected chi connectivity index (χ3v) is 3.94. The van der Waals surface area contributed by atoms with E-state index in [2.05, 4.69) is 10.9 Å². The summed E-state index contributed by atoms with van der Waals surface area (Å²) in [5.41, 5.74) is 2.59. The maximum absolute atomic E-state index is 14.5. The van der Waals surface area contributed by atoms with E-state index in [4.69, 9.17) is 9.84 Å². The summed E-state index contributed by atoms with van der Waals surface area (Å²) in [5.74, 6) is -0.968. The van der Waals surface area contributed by atoms with E-state index in [1.54, 1.807) is 48.3 Å². The van der Waals surface area contributed by atoms with E-state index in [0.717, 1.165) is 5.69 Å². The van der Waals surface area contributed by atoms with Crippen LogP contribution in [-0.4, -0.2) is 29.8 Å². The van der Waals surface area contributed by atoms with Crippen molar-refractivity contribution >= 4 is 5.97 Å². The van der Waals surface area contributed by atoms with Crippen molar-refractivity contribution < 1.29 is 19.0 Å². The summed E-state index contributed by atoms with van der Waals surface area (Å²) in [6.45, 7) is 0. The topological polar surface area (TPSA) is 55.8 Å². The Hall–Kier alpha value is -3.59. The number of nitrogens with zero attached hydrogens (tertiary/aromatic N) is 2. The molecule has 0 fully saturated rings. The van der Waals surface area contributed by atoms with Gasteiger partial charge in [0.1, 0.15) is 17.1 Å². The number of hydrogen-bond donors (Lipinski definition) is 1. The summed E-state index contributed by atoms with van der Waals surface area (Å²) in [7, 11) is 3.07. The molecule has 0 spiro atoms. The van der Waals surface area contributed by atoms with Gasteiger partial charge in [-0.25, -0.2) is 9.18 Å². The number of carboxylic acids is 1. The first kappa shape index (κ1) is 17.2. The average molecular weight is 351 g/mol. The van der Waals surface area contributed by atoms with Crippen molar-refractivity contribution in [3.63, 3.8) is 0 Å². The van der Waals surface area contributed by atoms with E-state index < -0.39 is 11.8 Å². The van der Waals surface area contributed by atoms with Crippen LogP contribution in [0.2, 0.25) is 0 Å². The lowest BCUT2D eigenvalue weighted by molar-refractivity contribution is 0.0697. The minimum absolute atomic E-state index is 0.198. The number of benzene rings is 2. The molecule has 2 aromatic carbocycles. The highest BCUT2D eigenvalue weighted by atomic mass is 19.1. The molecule has 0 bridgehead atoms. The minimum atomic E-state index is -0.989. The molecule has 0 aliphatic carbocycles. The van der Waals surface area contributed by atoms with Crippen LogP contribution in [0.15, 0.2) is 54.9 Å². The number of carboxylic acid groups (broad SMARTS) is 1. The lowest BCUT2D eigenvalue weighted by atomic mass is 10.0. The highest BCUT2D eigenvalue weighted by Gasteiger charge is 2.16. The lowest BCUT2D eigenvalue weighted by Crippen LogP contribution is -1.97. The molecular formula is C20H16FN2O3+. The summed E-state index contributed by atoms with van der Waals surface area (Å²) in [6, 6.07) is 13.9. The Balaban J connectivity index is 2.09. The third-order valence-electron chi connectivity index (χ3n) is 3.94. The number of hydrogen-bond acceptors (Lipinski definition) is 2. The molecule has 3 aromatic rings. The SMILES string of the molecule is C[N+]#Cc1cn(-c2ccc(C(=O)O)cc2)cc1-c1ccc(OC)cc1F. The van der Waals surface area contributed by atoms with Crippen LogP contribution in [0.1, 0.15) is 15.9 Å². The molecule has 3 rings (SSSR count). The normalized spacial score (nSPS) is 10.1. The predicted molar refractivity (Wildman–Crippen MR) is 96.9 cm³/mol. The van der Waals surface area contributed by atoms with Crippen LogP contribution in [0.4, 0.5) is 4.39 Å². The maximum atomic E-state index is 14.5. The van der Waals surface area contributed by atoms with Crippen LogP contribution in [-0.2, 0) is 0 Å². The smallest absolute Gasteiger partial charge is 0.335 e. The minimum Gasteiger partial charge on any atom is -0.497 e. The van der Waals surface area contributed by atoms with Gasteiger partial charge in [-0.05, 0) is 36.4 Å². The zero-order valence-corrected chi connectivity index (χ0v) is 14.2. The van der Waals surface area contributed by atoms with Gasteiger partial charge in [-0.3, -0.25) is 0 Å². The number of carbonyl (C=O) groups is 1. The fraction of sp³-hybridized carbons (Fsp3) is 0.100. The van der Waals surface area contributed by atoms with E-state index in [1.807, 2.05) is 0 Å². The summed E-state index contributed by atoms with van der Waals surface area (Å²) in [4.78, 5) is 14.9. The summed E-state index contributed by atoms with van der Waals surface area (Å²) < 4.78 is 21.3. The van der Waals surface area contributed by atoms with Crippen molar-refractivity contribution in [1.82, 2.24) is 4.57 Å². The van der Waals surface area contributed by atoms with Crippen LogP contribution in [0, 0.1) is 11.9 Å². The van der Waals surface area contributed by atoms with Crippen molar-refractivity contribution in [3.05, 3.63) is 76.6 Å². The number of methoxy groups -OCH3 is 1. The van der Waals surface area contributed by atoms with E-state index in [1.165, 1.54) is 25.3 Å². The number of aromatic carboxylic acids is 1. The molecule has 0 amide bonds. The predicted octanol–water partition coefficient (Wildman–Crippen LogP) is 4.30. The number of aromatic nitrogens is 1. The van der Waals surface area contributed by atoms with E-state index in [0.29, 0.717) is 22.4 Å². The summed E-state index contributed by atoms with van der Waals surface area (Å²) in [6.07, 6.45) is 3.52. The Kier molecular flexibility index (Phi) is 4.72. The van der Waals surface area contributed by atoms with Gasteiger partial charge in [-0.1, -0.05) is 4.85 Å². The van der Waals surface area contributed by atoms with Gasteiger partial charge in [-0.15, -0.1) is 0 Å².